The summed E-state index contributed by atoms with van der Waals surface area (Å²) in [5.41, 5.74) is 5.92. The second-order valence-electron chi connectivity index (χ2n) is 4.85. The standard InChI is InChI=1S/C15H22FN3O2.HI/c16-13-3-5-14(6-4-13)21-10-2-1-7-18-15(17)19-8-11-20-12-9-19;/h3-6H,1-2,7-12H2,(H2,17,18);1H. The zero-order valence-electron chi connectivity index (χ0n) is 12.5. The zero-order valence-corrected chi connectivity index (χ0v) is 14.9. The molecule has 0 unspecified atom stereocenters. The molecule has 0 spiro atoms. The Morgan fingerprint density at radius 3 is 2.59 bits per heavy atom. The minimum atomic E-state index is -0.254. The van der Waals surface area contributed by atoms with Crippen LogP contribution in [-0.4, -0.2) is 50.3 Å². The van der Waals surface area contributed by atoms with Gasteiger partial charge in [-0.05, 0) is 37.1 Å². The van der Waals surface area contributed by atoms with E-state index in [1.165, 1.54) is 12.1 Å². The lowest BCUT2D eigenvalue weighted by atomic mass is 10.3. The van der Waals surface area contributed by atoms with Crippen molar-refractivity contribution in [2.24, 2.45) is 10.7 Å². The lowest BCUT2D eigenvalue weighted by molar-refractivity contribution is 0.0674. The molecule has 124 valence electrons. The number of nitrogens with zero attached hydrogens (tertiary/aromatic N) is 2. The Morgan fingerprint density at radius 2 is 1.91 bits per heavy atom. The number of guanidine groups is 1. The number of ether oxygens (including phenoxy) is 2. The fraction of sp³-hybridized carbons (Fsp3) is 0.533. The average Bonchev–Trinajstić information content (AvgIpc) is 2.53. The molecule has 1 aromatic carbocycles. The highest BCUT2D eigenvalue weighted by atomic mass is 127. The second-order valence-corrected chi connectivity index (χ2v) is 4.85. The van der Waals surface area contributed by atoms with Gasteiger partial charge >= 0.3 is 0 Å². The van der Waals surface area contributed by atoms with E-state index in [9.17, 15) is 4.39 Å². The van der Waals surface area contributed by atoms with Crippen molar-refractivity contribution in [2.75, 3.05) is 39.5 Å². The molecule has 0 bridgehead atoms. The van der Waals surface area contributed by atoms with Crippen LogP contribution in [0.3, 0.4) is 0 Å². The predicted molar refractivity (Wildman–Crippen MR) is 95.4 cm³/mol. The number of hydrogen-bond acceptors (Lipinski definition) is 3. The van der Waals surface area contributed by atoms with Gasteiger partial charge in [-0.1, -0.05) is 0 Å². The SMILES string of the molecule is I.NC(=NCCCCOc1ccc(F)cc1)N1CCOCC1. The summed E-state index contributed by atoms with van der Waals surface area (Å²) in [6, 6.07) is 6.04. The first kappa shape index (κ1) is 19.0. The van der Waals surface area contributed by atoms with Gasteiger partial charge in [0.25, 0.3) is 0 Å². The summed E-state index contributed by atoms with van der Waals surface area (Å²) in [5, 5.41) is 0. The fourth-order valence-corrected chi connectivity index (χ4v) is 2.02. The monoisotopic (exact) mass is 423 g/mol. The van der Waals surface area contributed by atoms with E-state index in [1.807, 2.05) is 4.90 Å². The first-order valence-corrected chi connectivity index (χ1v) is 7.27. The highest BCUT2D eigenvalue weighted by molar-refractivity contribution is 14.0. The molecule has 1 saturated heterocycles. The van der Waals surface area contributed by atoms with E-state index >= 15 is 0 Å². The number of aliphatic imine (C=N–C) groups is 1. The molecule has 0 saturated carbocycles. The smallest absolute Gasteiger partial charge is 0.191 e. The van der Waals surface area contributed by atoms with Crippen LogP contribution in [0.5, 0.6) is 5.75 Å². The van der Waals surface area contributed by atoms with Crippen LogP contribution in [0.25, 0.3) is 0 Å². The van der Waals surface area contributed by atoms with E-state index in [1.54, 1.807) is 12.1 Å². The minimum absolute atomic E-state index is 0. The van der Waals surface area contributed by atoms with Crippen LogP contribution < -0.4 is 10.5 Å². The molecular weight excluding hydrogens is 400 g/mol. The minimum Gasteiger partial charge on any atom is -0.494 e. The third kappa shape index (κ3) is 6.78. The zero-order chi connectivity index (χ0) is 14.9. The van der Waals surface area contributed by atoms with Gasteiger partial charge in [0.15, 0.2) is 5.96 Å². The molecule has 22 heavy (non-hydrogen) atoms. The number of hydrogen-bond donors (Lipinski definition) is 1. The number of nitrogens with two attached hydrogens (primary N) is 1. The van der Waals surface area contributed by atoms with Gasteiger partial charge in [0, 0.05) is 19.6 Å². The van der Waals surface area contributed by atoms with Crippen LogP contribution in [0.4, 0.5) is 4.39 Å². The lowest BCUT2D eigenvalue weighted by Crippen LogP contribution is -2.44. The highest BCUT2D eigenvalue weighted by Gasteiger charge is 2.11. The Hall–Kier alpha value is -1.09. The normalized spacial score (nSPS) is 15.3. The molecule has 7 heteroatoms. The average molecular weight is 423 g/mol. The molecule has 1 aliphatic heterocycles. The first-order chi connectivity index (χ1) is 10.3. The number of morpholine rings is 1. The quantitative estimate of drug-likeness (QED) is 0.330. The second kappa shape index (κ2) is 10.6. The molecule has 1 aromatic rings. The predicted octanol–water partition coefficient (Wildman–Crippen LogP) is 2.25. The molecule has 5 nitrogen and oxygen atoms in total. The van der Waals surface area contributed by atoms with Gasteiger partial charge in [-0.3, -0.25) is 4.99 Å². The van der Waals surface area contributed by atoms with Crippen molar-refractivity contribution in [1.29, 1.82) is 0 Å². The molecule has 1 aliphatic rings. The summed E-state index contributed by atoms with van der Waals surface area (Å²) < 4.78 is 23.5. The van der Waals surface area contributed by atoms with Gasteiger partial charge in [0.2, 0.25) is 0 Å². The number of rotatable bonds is 6. The summed E-state index contributed by atoms with van der Waals surface area (Å²) in [6.45, 7) is 4.32. The topological polar surface area (TPSA) is 60.1 Å². The summed E-state index contributed by atoms with van der Waals surface area (Å²) in [7, 11) is 0. The molecule has 0 aromatic heterocycles. The van der Waals surface area contributed by atoms with Crippen LogP contribution in [0.1, 0.15) is 12.8 Å². The lowest BCUT2D eigenvalue weighted by Gasteiger charge is -2.27. The van der Waals surface area contributed by atoms with E-state index < -0.39 is 0 Å². The van der Waals surface area contributed by atoms with Crippen molar-refractivity contribution in [2.45, 2.75) is 12.8 Å². The van der Waals surface area contributed by atoms with Crippen LogP contribution in [0.15, 0.2) is 29.3 Å². The maximum Gasteiger partial charge on any atom is 0.191 e. The maximum atomic E-state index is 12.7. The Morgan fingerprint density at radius 1 is 1.23 bits per heavy atom. The largest absolute Gasteiger partial charge is 0.494 e. The summed E-state index contributed by atoms with van der Waals surface area (Å²) in [6.07, 6.45) is 1.80. The van der Waals surface area contributed by atoms with Crippen LogP contribution >= 0.6 is 24.0 Å². The summed E-state index contributed by atoms with van der Waals surface area (Å²) in [5.74, 6) is 1.03. The molecule has 0 atom stereocenters. The van der Waals surface area contributed by atoms with Crippen molar-refractivity contribution in [3.05, 3.63) is 30.1 Å². The molecule has 1 heterocycles. The van der Waals surface area contributed by atoms with Gasteiger partial charge in [0.05, 0.1) is 19.8 Å². The number of unbranched alkanes of at least 4 members (excludes halogenated alkanes) is 1. The highest BCUT2D eigenvalue weighted by Crippen LogP contribution is 2.11. The van der Waals surface area contributed by atoms with Crippen molar-refractivity contribution in [1.82, 2.24) is 4.90 Å². The van der Waals surface area contributed by atoms with Crippen LogP contribution in [0, 0.1) is 5.82 Å². The van der Waals surface area contributed by atoms with E-state index in [-0.39, 0.29) is 29.8 Å². The van der Waals surface area contributed by atoms with Gasteiger partial charge in [-0.2, -0.15) is 0 Å². The first-order valence-electron chi connectivity index (χ1n) is 7.27. The van der Waals surface area contributed by atoms with Crippen LogP contribution in [0.2, 0.25) is 0 Å². The molecule has 2 rings (SSSR count). The van der Waals surface area contributed by atoms with Crippen molar-refractivity contribution >= 4 is 29.9 Å². The van der Waals surface area contributed by atoms with Crippen molar-refractivity contribution < 1.29 is 13.9 Å². The van der Waals surface area contributed by atoms with Gasteiger partial charge in [0.1, 0.15) is 11.6 Å². The van der Waals surface area contributed by atoms with E-state index in [0.717, 1.165) is 25.9 Å². The van der Waals surface area contributed by atoms with E-state index in [2.05, 4.69) is 4.99 Å². The summed E-state index contributed by atoms with van der Waals surface area (Å²) >= 11 is 0. The Labute approximate surface area is 147 Å². The molecule has 0 aliphatic carbocycles. The van der Waals surface area contributed by atoms with Gasteiger partial charge in [-0.15, -0.1) is 24.0 Å². The molecule has 1 fully saturated rings. The molecule has 0 radical (unpaired) electrons. The van der Waals surface area contributed by atoms with Crippen molar-refractivity contribution in [3.8, 4) is 5.75 Å². The Kier molecular flexibility index (Phi) is 9.14. The van der Waals surface area contributed by atoms with Gasteiger partial charge in [-0.25, -0.2) is 4.39 Å². The molecule has 0 amide bonds. The third-order valence-electron chi connectivity index (χ3n) is 3.24. The fourth-order valence-electron chi connectivity index (χ4n) is 2.02. The molecular formula is C15H23FIN3O2. The number of benzene rings is 1. The van der Waals surface area contributed by atoms with E-state index in [4.69, 9.17) is 15.2 Å². The summed E-state index contributed by atoms with van der Waals surface area (Å²) in [4.78, 5) is 6.40. The van der Waals surface area contributed by atoms with Crippen LogP contribution in [-0.2, 0) is 4.74 Å². The Balaban J connectivity index is 0.00000242. The third-order valence-corrected chi connectivity index (χ3v) is 3.24. The number of halogens is 2. The van der Waals surface area contributed by atoms with Gasteiger partial charge < -0.3 is 20.1 Å². The maximum absolute atomic E-state index is 12.7. The molecule has 2 N–H and O–H groups in total. The Bertz CT molecular complexity index is 451. The van der Waals surface area contributed by atoms with E-state index in [0.29, 0.717) is 38.1 Å². The van der Waals surface area contributed by atoms with Crippen molar-refractivity contribution in [3.63, 3.8) is 0 Å².